The van der Waals surface area contributed by atoms with E-state index in [1.807, 2.05) is 30.3 Å². The van der Waals surface area contributed by atoms with Crippen LogP contribution in [0.2, 0.25) is 20.1 Å². The molecule has 18 heavy (non-hydrogen) atoms. The van der Waals surface area contributed by atoms with Crippen molar-refractivity contribution in [3.05, 3.63) is 56.5 Å². The molecule has 0 aliphatic carbocycles. The molecule has 0 nitrogen and oxygen atoms in total. The topological polar surface area (TPSA) is 0 Å². The van der Waals surface area contributed by atoms with Crippen molar-refractivity contribution in [2.24, 2.45) is 0 Å². The first-order valence-electron chi connectivity index (χ1n) is 5.24. The summed E-state index contributed by atoms with van der Waals surface area (Å²) in [5, 5.41) is 5.71. The zero-order valence-corrected chi connectivity index (χ0v) is 12.0. The average molecular weight is 316 g/mol. The van der Waals surface area contributed by atoms with Gasteiger partial charge in [0.2, 0.25) is 0 Å². The number of benzene rings is 3. The standard InChI is InChI=1S/C14H6Cl4/c15-11-5-9-7-3-1-2-4-8(7)13(17)14(18)10(9)6-12(11)16/h1-6H. The van der Waals surface area contributed by atoms with Gasteiger partial charge in [0.1, 0.15) is 0 Å². The molecule has 0 atom stereocenters. The summed E-state index contributed by atoms with van der Waals surface area (Å²) in [5.41, 5.74) is 0. The van der Waals surface area contributed by atoms with Crippen molar-refractivity contribution in [2.45, 2.75) is 0 Å². The number of hydrogen-bond donors (Lipinski definition) is 0. The van der Waals surface area contributed by atoms with Gasteiger partial charge < -0.3 is 0 Å². The first kappa shape index (κ1) is 12.4. The fraction of sp³-hybridized carbons (Fsp3) is 0. The molecule has 0 fully saturated rings. The van der Waals surface area contributed by atoms with Gasteiger partial charge in [0, 0.05) is 10.8 Å². The second-order valence-corrected chi connectivity index (χ2v) is 5.56. The van der Waals surface area contributed by atoms with E-state index in [0.29, 0.717) is 20.1 Å². The predicted molar refractivity (Wildman–Crippen MR) is 81.5 cm³/mol. The van der Waals surface area contributed by atoms with Gasteiger partial charge in [-0.15, -0.1) is 0 Å². The average Bonchev–Trinajstić information content (AvgIpc) is 2.38. The fourth-order valence-corrected chi connectivity index (χ4v) is 2.95. The molecule has 0 amide bonds. The SMILES string of the molecule is Clc1cc2c(Cl)c(Cl)c3ccccc3c2cc1Cl. The van der Waals surface area contributed by atoms with E-state index >= 15 is 0 Å². The van der Waals surface area contributed by atoms with Crippen molar-refractivity contribution in [1.82, 2.24) is 0 Å². The zero-order chi connectivity index (χ0) is 12.9. The third-order valence-electron chi connectivity index (χ3n) is 2.94. The Labute approximate surface area is 124 Å². The third kappa shape index (κ3) is 1.76. The monoisotopic (exact) mass is 314 g/mol. The molecule has 0 N–H and O–H groups in total. The van der Waals surface area contributed by atoms with Crippen LogP contribution in [0.5, 0.6) is 0 Å². The van der Waals surface area contributed by atoms with Crippen LogP contribution >= 0.6 is 46.4 Å². The zero-order valence-electron chi connectivity index (χ0n) is 8.98. The second-order valence-electron chi connectivity index (χ2n) is 3.99. The molecule has 3 aromatic rings. The lowest BCUT2D eigenvalue weighted by atomic mass is 10.0. The van der Waals surface area contributed by atoms with Gasteiger partial charge in [-0.25, -0.2) is 0 Å². The molecule has 0 saturated heterocycles. The van der Waals surface area contributed by atoms with E-state index in [9.17, 15) is 0 Å². The molecule has 0 bridgehead atoms. The molecule has 90 valence electrons. The number of halogens is 4. The van der Waals surface area contributed by atoms with Crippen LogP contribution in [0.25, 0.3) is 21.5 Å². The summed E-state index contributed by atoms with van der Waals surface area (Å²) in [6.45, 7) is 0. The number of hydrogen-bond acceptors (Lipinski definition) is 0. The van der Waals surface area contributed by atoms with Crippen LogP contribution in [-0.4, -0.2) is 0 Å². The Kier molecular flexibility index (Phi) is 3.07. The molecular formula is C14H6Cl4. The maximum absolute atomic E-state index is 6.30. The van der Waals surface area contributed by atoms with E-state index in [1.165, 1.54) is 0 Å². The highest BCUT2D eigenvalue weighted by molar-refractivity contribution is 6.50. The minimum absolute atomic E-state index is 0.470. The fourth-order valence-electron chi connectivity index (χ4n) is 2.10. The molecule has 0 radical (unpaired) electrons. The number of rotatable bonds is 0. The van der Waals surface area contributed by atoms with Crippen LogP contribution < -0.4 is 0 Å². The van der Waals surface area contributed by atoms with Gasteiger partial charge in [-0.05, 0) is 22.9 Å². The Balaban J connectivity index is 2.65. The van der Waals surface area contributed by atoms with E-state index in [-0.39, 0.29) is 0 Å². The van der Waals surface area contributed by atoms with Crippen molar-refractivity contribution in [2.75, 3.05) is 0 Å². The van der Waals surface area contributed by atoms with Gasteiger partial charge in [0.25, 0.3) is 0 Å². The quantitative estimate of drug-likeness (QED) is 0.410. The molecule has 0 spiro atoms. The minimum atomic E-state index is 0.470. The number of fused-ring (bicyclic) bond motifs is 3. The Bertz CT molecular complexity index is 778. The van der Waals surface area contributed by atoms with E-state index in [4.69, 9.17) is 46.4 Å². The molecule has 3 rings (SSSR count). The van der Waals surface area contributed by atoms with Gasteiger partial charge in [-0.1, -0.05) is 70.7 Å². The maximum atomic E-state index is 6.30. The highest BCUT2D eigenvalue weighted by Crippen LogP contribution is 2.41. The van der Waals surface area contributed by atoms with Crippen LogP contribution in [0.4, 0.5) is 0 Å². The Hall–Kier alpha value is -0.660. The van der Waals surface area contributed by atoms with Crippen LogP contribution in [0, 0.1) is 0 Å². The van der Waals surface area contributed by atoms with Crippen LogP contribution in [-0.2, 0) is 0 Å². The lowest BCUT2D eigenvalue weighted by molar-refractivity contribution is 1.76. The highest BCUT2D eigenvalue weighted by atomic mass is 35.5. The van der Waals surface area contributed by atoms with Crippen molar-refractivity contribution >= 4 is 67.9 Å². The van der Waals surface area contributed by atoms with E-state index < -0.39 is 0 Å². The minimum Gasteiger partial charge on any atom is -0.0827 e. The lowest BCUT2D eigenvalue weighted by Gasteiger charge is -2.10. The molecular weight excluding hydrogens is 310 g/mol. The van der Waals surface area contributed by atoms with Gasteiger partial charge in [0.05, 0.1) is 20.1 Å². The molecule has 0 saturated carbocycles. The normalized spacial score (nSPS) is 11.3. The summed E-state index contributed by atoms with van der Waals surface area (Å²) in [6.07, 6.45) is 0. The van der Waals surface area contributed by atoms with Crippen LogP contribution in [0.1, 0.15) is 0 Å². The third-order valence-corrected chi connectivity index (χ3v) is 4.55. The molecule has 0 unspecified atom stereocenters. The predicted octanol–water partition coefficient (Wildman–Crippen LogP) is 6.61. The summed E-state index contributed by atoms with van der Waals surface area (Å²) in [6, 6.07) is 11.4. The van der Waals surface area contributed by atoms with Crippen molar-refractivity contribution in [3.63, 3.8) is 0 Å². The second kappa shape index (κ2) is 4.47. The van der Waals surface area contributed by atoms with E-state index in [1.54, 1.807) is 6.07 Å². The summed E-state index contributed by atoms with van der Waals surface area (Å²) in [4.78, 5) is 0. The van der Waals surface area contributed by atoms with Gasteiger partial charge in [-0.3, -0.25) is 0 Å². The Morgan fingerprint density at radius 3 is 1.72 bits per heavy atom. The summed E-state index contributed by atoms with van der Waals surface area (Å²) in [7, 11) is 0. The summed E-state index contributed by atoms with van der Waals surface area (Å²) in [5.74, 6) is 0. The lowest BCUT2D eigenvalue weighted by Crippen LogP contribution is -1.83. The van der Waals surface area contributed by atoms with Crippen molar-refractivity contribution < 1.29 is 0 Å². The first-order chi connectivity index (χ1) is 8.59. The van der Waals surface area contributed by atoms with Gasteiger partial charge in [-0.2, -0.15) is 0 Å². The highest BCUT2D eigenvalue weighted by Gasteiger charge is 2.13. The maximum Gasteiger partial charge on any atom is 0.0677 e. The molecule has 0 aliphatic rings. The first-order valence-corrected chi connectivity index (χ1v) is 6.75. The van der Waals surface area contributed by atoms with E-state index in [0.717, 1.165) is 21.5 Å². The Morgan fingerprint density at radius 1 is 0.556 bits per heavy atom. The molecule has 0 aliphatic heterocycles. The van der Waals surface area contributed by atoms with Crippen molar-refractivity contribution in [3.8, 4) is 0 Å². The van der Waals surface area contributed by atoms with Gasteiger partial charge >= 0.3 is 0 Å². The van der Waals surface area contributed by atoms with E-state index in [2.05, 4.69) is 0 Å². The summed E-state index contributed by atoms with van der Waals surface area (Å²) >= 11 is 24.7. The van der Waals surface area contributed by atoms with Gasteiger partial charge in [0.15, 0.2) is 0 Å². The van der Waals surface area contributed by atoms with Crippen LogP contribution in [0.15, 0.2) is 36.4 Å². The largest absolute Gasteiger partial charge is 0.0827 e. The molecule has 0 heterocycles. The van der Waals surface area contributed by atoms with Crippen molar-refractivity contribution in [1.29, 1.82) is 0 Å². The summed E-state index contributed by atoms with van der Waals surface area (Å²) < 4.78 is 0. The molecule has 4 heteroatoms. The van der Waals surface area contributed by atoms with Crippen LogP contribution in [0.3, 0.4) is 0 Å². The molecule has 3 aromatic carbocycles. The smallest absolute Gasteiger partial charge is 0.0677 e. The Morgan fingerprint density at radius 2 is 1.06 bits per heavy atom. The molecule has 0 aromatic heterocycles.